The Hall–Kier alpha value is -3.13. The van der Waals surface area contributed by atoms with Crippen LogP contribution in [0.1, 0.15) is 35.3 Å². The summed E-state index contributed by atoms with van der Waals surface area (Å²) in [6.07, 6.45) is 0.640. The van der Waals surface area contributed by atoms with Crippen LogP contribution < -0.4 is 10.1 Å². The second kappa shape index (κ2) is 9.70. The molecule has 0 aliphatic rings. The van der Waals surface area contributed by atoms with Gasteiger partial charge in [0.15, 0.2) is 12.4 Å². The molecule has 0 saturated heterocycles. The van der Waals surface area contributed by atoms with Gasteiger partial charge < -0.3 is 14.8 Å². The summed E-state index contributed by atoms with van der Waals surface area (Å²) in [7, 11) is 1.17. The van der Waals surface area contributed by atoms with Crippen LogP contribution in [0.25, 0.3) is 0 Å². The van der Waals surface area contributed by atoms with Crippen LogP contribution in [0.5, 0.6) is 5.75 Å². The molecular formula is C19H19ClN2O6. The number of carbonyl (C=O) groups excluding carboxylic acids is 2. The van der Waals surface area contributed by atoms with Crippen LogP contribution in [0.2, 0.25) is 5.02 Å². The first-order valence-corrected chi connectivity index (χ1v) is 8.77. The van der Waals surface area contributed by atoms with Gasteiger partial charge in [-0.15, -0.1) is 0 Å². The van der Waals surface area contributed by atoms with Gasteiger partial charge in [0.2, 0.25) is 0 Å². The molecule has 0 radical (unpaired) electrons. The van der Waals surface area contributed by atoms with Crippen LogP contribution >= 0.6 is 11.6 Å². The van der Waals surface area contributed by atoms with Gasteiger partial charge in [0.05, 0.1) is 23.6 Å². The summed E-state index contributed by atoms with van der Waals surface area (Å²) in [4.78, 5) is 34.3. The highest BCUT2D eigenvalue weighted by atomic mass is 35.5. The molecule has 1 N–H and O–H groups in total. The summed E-state index contributed by atoms with van der Waals surface area (Å²) < 4.78 is 9.84. The van der Waals surface area contributed by atoms with Gasteiger partial charge in [0, 0.05) is 11.1 Å². The van der Waals surface area contributed by atoms with Crippen molar-refractivity contribution >= 4 is 29.2 Å². The van der Waals surface area contributed by atoms with E-state index < -0.39 is 29.1 Å². The molecule has 0 aliphatic carbocycles. The van der Waals surface area contributed by atoms with Crippen molar-refractivity contribution < 1.29 is 24.0 Å². The number of esters is 1. The Labute approximate surface area is 166 Å². The van der Waals surface area contributed by atoms with Gasteiger partial charge in [0.25, 0.3) is 5.91 Å². The fraction of sp³-hybridized carbons (Fsp3) is 0.263. The highest BCUT2D eigenvalue weighted by Gasteiger charge is 2.20. The predicted octanol–water partition coefficient (Wildman–Crippen LogP) is 3.68. The lowest BCUT2D eigenvalue weighted by Crippen LogP contribution is -2.32. The van der Waals surface area contributed by atoms with E-state index in [4.69, 9.17) is 16.3 Å². The molecule has 2 aromatic carbocycles. The first kappa shape index (κ1) is 21.2. The standard InChI is InChI=1S/C19H19ClN2O6/c1-3-15(12-4-7-14(20)8-5-12)21-18(23)11-28-17-9-6-13(19(24)27-2)10-16(17)22(25)26/h4-10,15H,3,11H2,1-2H3,(H,21,23). The zero-order valence-electron chi connectivity index (χ0n) is 15.3. The zero-order valence-corrected chi connectivity index (χ0v) is 16.1. The maximum atomic E-state index is 12.2. The molecular weight excluding hydrogens is 388 g/mol. The molecule has 0 heterocycles. The van der Waals surface area contributed by atoms with E-state index in [1.165, 1.54) is 19.2 Å². The molecule has 0 aliphatic heterocycles. The fourth-order valence-electron chi connectivity index (χ4n) is 2.52. The maximum Gasteiger partial charge on any atom is 0.338 e. The number of methoxy groups -OCH3 is 1. The van der Waals surface area contributed by atoms with Crippen LogP contribution in [0, 0.1) is 10.1 Å². The Bertz CT molecular complexity index is 869. The number of nitrogens with one attached hydrogen (secondary N) is 1. The number of nitrogens with zero attached hydrogens (tertiary/aromatic N) is 1. The van der Waals surface area contributed by atoms with Crippen LogP contribution in [-0.4, -0.2) is 30.5 Å². The van der Waals surface area contributed by atoms with E-state index in [9.17, 15) is 19.7 Å². The molecule has 148 valence electrons. The largest absolute Gasteiger partial charge is 0.477 e. The Morgan fingerprint density at radius 2 is 1.89 bits per heavy atom. The molecule has 2 rings (SSSR count). The Balaban J connectivity index is 2.06. The predicted molar refractivity (Wildman–Crippen MR) is 103 cm³/mol. The maximum absolute atomic E-state index is 12.2. The van der Waals surface area contributed by atoms with Gasteiger partial charge >= 0.3 is 11.7 Å². The zero-order chi connectivity index (χ0) is 20.7. The number of hydrogen-bond donors (Lipinski definition) is 1. The third-order valence-corrected chi connectivity index (χ3v) is 4.20. The number of rotatable bonds is 8. The quantitative estimate of drug-likeness (QED) is 0.407. The van der Waals surface area contributed by atoms with E-state index in [1.807, 2.05) is 19.1 Å². The second-order valence-corrected chi connectivity index (χ2v) is 6.24. The molecule has 0 fully saturated rings. The minimum atomic E-state index is -0.707. The lowest BCUT2D eigenvalue weighted by atomic mass is 10.0. The van der Waals surface area contributed by atoms with Crippen molar-refractivity contribution in [2.45, 2.75) is 19.4 Å². The number of nitro groups is 1. The second-order valence-electron chi connectivity index (χ2n) is 5.80. The van der Waals surface area contributed by atoms with Crippen molar-refractivity contribution in [2.24, 2.45) is 0 Å². The first-order chi connectivity index (χ1) is 13.3. The number of ether oxygens (including phenoxy) is 2. The highest BCUT2D eigenvalue weighted by molar-refractivity contribution is 6.30. The fourth-order valence-corrected chi connectivity index (χ4v) is 2.65. The lowest BCUT2D eigenvalue weighted by Gasteiger charge is -2.18. The van der Waals surface area contributed by atoms with Gasteiger partial charge in [-0.25, -0.2) is 4.79 Å². The van der Waals surface area contributed by atoms with Gasteiger partial charge in [-0.05, 0) is 36.2 Å². The Kier molecular flexibility index (Phi) is 7.34. The van der Waals surface area contributed by atoms with Crippen molar-refractivity contribution in [2.75, 3.05) is 13.7 Å². The summed E-state index contributed by atoms with van der Waals surface area (Å²) in [6.45, 7) is 1.50. The third-order valence-electron chi connectivity index (χ3n) is 3.95. The van der Waals surface area contributed by atoms with Crippen molar-refractivity contribution in [3.05, 3.63) is 68.7 Å². The third kappa shape index (κ3) is 5.43. The lowest BCUT2D eigenvalue weighted by molar-refractivity contribution is -0.385. The monoisotopic (exact) mass is 406 g/mol. The van der Waals surface area contributed by atoms with E-state index in [-0.39, 0.29) is 17.4 Å². The molecule has 28 heavy (non-hydrogen) atoms. The molecule has 0 bridgehead atoms. The van der Waals surface area contributed by atoms with Crippen molar-refractivity contribution in [3.8, 4) is 5.75 Å². The van der Waals surface area contributed by atoms with Gasteiger partial charge in [-0.2, -0.15) is 0 Å². The molecule has 1 amide bonds. The van der Waals surface area contributed by atoms with E-state index in [0.29, 0.717) is 11.4 Å². The van der Waals surface area contributed by atoms with Crippen LogP contribution in [0.15, 0.2) is 42.5 Å². The van der Waals surface area contributed by atoms with E-state index in [2.05, 4.69) is 10.1 Å². The summed E-state index contributed by atoms with van der Waals surface area (Å²) >= 11 is 5.87. The van der Waals surface area contributed by atoms with Gasteiger partial charge in [-0.3, -0.25) is 14.9 Å². The van der Waals surface area contributed by atoms with E-state index >= 15 is 0 Å². The average Bonchev–Trinajstić information content (AvgIpc) is 2.70. The molecule has 9 heteroatoms. The average molecular weight is 407 g/mol. The van der Waals surface area contributed by atoms with Crippen molar-refractivity contribution in [3.63, 3.8) is 0 Å². The Morgan fingerprint density at radius 3 is 2.46 bits per heavy atom. The van der Waals surface area contributed by atoms with Crippen molar-refractivity contribution in [1.82, 2.24) is 5.32 Å². The molecule has 8 nitrogen and oxygen atoms in total. The molecule has 0 aromatic heterocycles. The molecule has 0 spiro atoms. The minimum Gasteiger partial charge on any atom is -0.477 e. The summed E-state index contributed by atoms with van der Waals surface area (Å²) in [5, 5.41) is 14.6. The highest BCUT2D eigenvalue weighted by Crippen LogP contribution is 2.28. The first-order valence-electron chi connectivity index (χ1n) is 8.40. The number of amides is 1. The number of halogens is 1. The number of carbonyl (C=O) groups is 2. The Morgan fingerprint density at radius 1 is 1.21 bits per heavy atom. The smallest absolute Gasteiger partial charge is 0.338 e. The molecule has 0 saturated carbocycles. The normalized spacial score (nSPS) is 11.4. The van der Waals surface area contributed by atoms with Crippen molar-refractivity contribution in [1.29, 1.82) is 0 Å². The number of nitro benzene ring substituents is 1. The molecule has 2 aromatic rings. The topological polar surface area (TPSA) is 108 Å². The number of hydrogen-bond acceptors (Lipinski definition) is 6. The SMILES string of the molecule is CCC(NC(=O)COc1ccc(C(=O)OC)cc1[N+](=O)[O-])c1ccc(Cl)cc1. The van der Waals surface area contributed by atoms with E-state index in [0.717, 1.165) is 11.6 Å². The minimum absolute atomic E-state index is 0.0137. The summed E-state index contributed by atoms with van der Waals surface area (Å²) in [6, 6.07) is 10.5. The van der Waals surface area contributed by atoms with Crippen LogP contribution in [0.4, 0.5) is 5.69 Å². The number of benzene rings is 2. The van der Waals surface area contributed by atoms with Gasteiger partial charge in [0.1, 0.15) is 0 Å². The summed E-state index contributed by atoms with van der Waals surface area (Å²) in [5.41, 5.74) is 0.467. The van der Waals surface area contributed by atoms with E-state index in [1.54, 1.807) is 12.1 Å². The molecule has 1 atom stereocenters. The van der Waals surface area contributed by atoms with Gasteiger partial charge in [-0.1, -0.05) is 30.7 Å². The van der Waals surface area contributed by atoms with Crippen LogP contribution in [0.3, 0.4) is 0 Å². The summed E-state index contributed by atoms with van der Waals surface area (Å²) in [5.74, 6) is -1.26. The van der Waals surface area contributed by atoms with Crippen LogP contribution in [-0.2, 0) is 9.53 Å². The molecule has 1 unspecified atom stereocenters.